The first kappa shape index (κ1) is 31.8. The average Bonchev–Trinajstić information content (AvgIpc) is 3.06. The maximum atomic E-state index is 13.0. The van der Waals surface area contributed by atoms with Crippen LogP contribution < -0.4 is 35.1 Å². The number of esters is 1. The molecule has 0 saturated heterocycles. The summed E-state index contributed by atoms with van der Waals surface area (Å²) in [7, 11) is 4.33. The van der Waals surface area contributed by atoms with Crippen molar-refractivity contribution in [3.8, 4) is 23.0 Å². The van der Waals surface area contributed by atoms with Gasteiger partial charge in [-0.15, -0.1) is 0 Å². The molecule has 0 radical (unpaired) electrons. The van der Waals surface area contributed by atoms with Gasteiger partial charge in [0.05, 0.1) is 26.9 Å². The molecule has 3 N–H and O–H groups in total. The van der Waals surface area contributed by atoms with Gasteiger partial charge in [0.15, 0.2) is 11.5 Å². The summed E-state index contributed by atoms with van der Waals surface area (Å²) in [5.41, 5.74) is 7.48. The highest BCUT2D eigenvalue weighted by Gasteiger charge is 2.19. The Bertz CT molecular complexity index is 1720. The minimum absolute atomic E-state index is 0.158. The Hall–Kier alpha value is -6.10. The second-order valence-corrected chi connectivity index (χ2v) is 9.52. The van der Waals surface area contributed by atoms with Crippen LogP contribution in [-0.4, -0.2) is 45.0 Å². The lowest BCUT2D eigenvalue weighted by atomic mass is 10.1. The van der Waals surface area contributed by atoms with E-state index in [0.717, 1.165) is 5.56 Å². The van der Waals surface area contributed by atoms with Gasteiger partial charge in [-0.25, -0.2) is 4.79 Å². The summed E-state index contributed by atoms with van der Waals surface area (Å²) in [6, 6.07) is 22.9. The van der Waals surface area contributed by atoms with E-state index in [-0.39, 0.29) is 34.3 Å². The predicted molar refractivity (Wildman–Crippen MR) is 168 cm³/mol. The van der Waals surface area contributed by atoms with E-state index in [0.29, 0.717) is 22.6 Å². The fourth-order valence-electron chi connectivity index (χ4n) is 4.16. The molecule has 0 saturated carbocycles. The predicted octanol–water partition coefficient (Wildman–Crippen LogP) is 4.97. The highest BCUT2D eigenvalue weighted by Crippen LogP contribution is 2.38. The molecule has 4 aromatic rings. The van der Waals surface area contributed by atoms with Crippen molar-refractivity contribution < 1.29 is 38.1 Å². The zero-order valence-electron chi connectivity index (χ0n) is 25.0. The summed E-state index contributed by atoms with van der Waals surface area (Å²) in [6.07, 6.45) is 2.61. The third kappa shape index (κ3) is 8.26. The minimum atomic E-state index is -0.687. The van der Waals surface area contributed by atoms with E-state index in [9.17, 15) is 19.2 Å². The van der Waals surface area contributed by atoms with Gasteiger partial charge >= 0.3 is 5.97 Å². The number of hydrazine groups is 1. The van der Waals surface area contributed by atoms with Gasteiger partial charge in [-0.2, -0.15) is 0 Å². The lowest BCUT2D eigenvalue weighted by Crippen LogP contribution is -2.40. The maximum absolute atomic E-state index is 13.0. The van der Waals surface area contributed by atoms with Crippen molar-refractivity contribution in [2.45, 2.75) is 6.92 Å². The van der Waals surface area contributed by atoms with Crippen molar-refractivity contribution in [3.63, 3.8) is 0 Å². The van der Waals surface area contributed by atoms with Crippen LogP contribution >= 0.6 is 0 Å². The van der Waals surface area contributed by atoms with E-state index < -0.39 is 17.8 Å². The number of hydrogen-bond acceptors (Lipinski definition) is 8. The molecule has 0 atom stereocenters. The van der Waals surface area contributed by atoms with Crippen molar-refractivity contribution in [3.05, 3.63) is 119 Å². The molecule has 0 heterocycles. The molecule has 0 bridgehead atoms. The first-order valence-corrected chi connectivity index (χ1v) is 13.6. The van der Waals surface area contributed by atoms with E-state index in [4.69, 9.17) is 18.9 Å². The smallest absolute Gasteiger partial charge is 0.343 e. The van der Waals surface area contributed by atoms with Gasteiger partial charge in [0.2, 0.25) is 5.75 Å². The van der Waals surface area contributed by atoms with Gasteiger partial charge in [0.25, 0.3) is 17.7 Å². The van der Waals surface area contributed by atoms with Crippen LogP contribution in [-0.2, 0) is 4.79 Å². The second-order valence-electron chi connectivity index (χ2n) is 9.52. The molecule has 0 aliphatic rings. The van der Waals surface area contributed by atoms with Gasteiger partial charge in [-0.1, -0.05) is 35.9 Å². The van der Waals surface area contributed by atoms with Crippen LogP contribution in [0.25, 0.3) is 6.08 Å². The van der Waals surface area contributed by atoms with E-state index in [1.165, 1.54) is 57.7 Å². The molecule has 4 aromatic carbocycles. The Morgan fingerprint density at radius 3 is 1.98 bits per heavy atom. The largest absolute Gasteiger partial charge is 0.493 e. The first-order valence-electron chi connectivity index (χ1n) is 13.6. The summed E-state index contributed by atoms with van der Waals surface area (Å²) >= 11 is 0. The molecule has 0 aromatic heterocycles. The van der Waals surface area contributed by atoms with E-state index in [2.05, 4.69) is 16.2 Å². The Labute approximate surface area is 259 Å². The SMILES string of the molecule is COc1cc(C(=O)Oc2ccccc2/C=C/C(=O)NNC(=O)c2ccc(NC(=O)c3cccc(C)c3)cc2)cc(OC)c1OC. The normalized spacial score (nSPS) is 10.5. The second kappa shape index (κ2) is 14.9. The van der Waals surface area contributed by atoms with Crippen LogP contribution in [0.3, 0.4) is 0 Å². The highest BCUT2D eigenvalue weighted by molar-refractivity contribution is 6.05. The van der Waals surface area contributed by atoms with Crippen molar-refractivity contribution in [1.29, 1.82) is 0 Å². The molecule has 11 heteroatoms. The molecule has 0 spiro atoms. The monoisotopic (exact) mass is 609 g/mol. The van der Waals surface area contributed by atoms with Gasteiger partial charge in [-0.05, 0) is 67.6 Å². The summed E-state index contributed by atoms with van der Waals surface area (Å²) in [5, 5.41) is 2.78. The molecule has 11 nitrogen and oxygen atoms in total. The van der Waals surface area contributed by atoms with Crippen molar-refractivity contribution in [2.75, 3.05) is 26.6 Å². The average molecular weight is 610 g/mol. The van der Waals surface area contributed by atoms with Gasteiger partial charge in [-0.3, -0.25) is 25.2 Å². The quantitative estimate of drug-likeness (QED) is 0.0991. The zero-order valence-corrected chi connectivity index (χ0v) is 25.0. The lowest BCUT2D eigenvalue weighted by Gasteiger charge is -2.14. The number of hydrogen-bond donors (Lipinski definition) is 3. The Balaban J connectivity index is 1.34. The summed E-state index contributed by atoms with van der Waals surface area (Å²) in [6.45, 7) is 1.90. The molecule has 0 fully saturated rings. The topological polar surface area (TPSA) is 141 Å². The van der Waals surface area contributed by atoms with E-state index in [1.54, 1.807) is 54.6 Å². The molecule has 0 aliphatic heterocycles. The number of benzene rings is 4. The fourth-order valence-corrected chi connectivity index (χ4v) is 4.16. The highest BCUT2D eigenvalue weighted by atomic mass is 16.5. The molecule has 45 heavy (non-hydrogen) atoms. The molecule has 0 aliphatic carbocycles. The maximum Gasteiger partial charge on any atom is 0.343 e. The molecule has 4 rings (SSSR count). The van der Waals surface area contributed by atoms with Crippen LogP contribution in [0.4, 0.5) is 5.69 Å². The summed E-state index contributed by atoms with van der Waals surface area (Å²) in [4.78, 5) is 50.4. The van der Waals surface area contributed by atoms with E-state index >= 15 is 0 Å². The van der Waals surface area contributed by atoms with Gasteiger partial charge in [0.1, 0.15) is 5.75 Å². The molecular formula is C34H31N3O8. The zero-order chi connectivity index (χ0) is 32.3. The van der Waals surface area contributed by atoms with Crippen LogP contribution in [0.1, 0.15) is 42.2 Å². The third-order valence-corrected chi connectivity index (χ3v) is 6.42. The van der Waals surface area contributed by atoms with Crippen molar-refractivity contribution >= 4 is 35.5 Å². The number of aryl methyl sites for hydroxylation is 1. The Kier molecular flexibility index (Phi) is 10.5. The van der Waals surface area contributed by atoms with Crippen molar-refractivity contribution in [2.24, 2.45) is 0 Å². The molecular weight excluding hydrogens is 578 g/mol. The number of anilines is 1. The number of carbonyl (C=O) groups is 4. The van der Waals surface area contributed by atoms with Crippen molar-refractivity contribution in [1.82, 2.24) is 10.9 Å². The number of amides is 3. The third-order valence-electron chi connectivity index (χ3n) is 6.42. The Morgan fingerprint density at radius 1 is 0.644 bits per heavy atom. The number of para-hydroxylation sites is 1. The number of ether oxygens (including phenoxy) is 4. The molecule has 3 amide bonds. The van der Waals surface area contributed by atoms with E-state index in [1.807, 2.05) is 13.0 Å². The fraction of sp³-hybridized carbons (Fsp3) is 0.118. The summed E-state index contributed by atoms with van der Waals surface area (Å²) < 4.78 is 21.5. The van der Waals surface area contributed by atoms with Crippen LogP contribution in [0.5, 0.6) is 23.0 Å². The molecule has 230 valence electrons. The van der Waals surface area contributed by atoms with Crippen LogP contribution in [0.2, 0.25) is 0 Å². The number of nitrogens with one attached hydrogen (secondary N) is 3. The lowest BCUT2D eigenvalue weighted by molar-refractivity contribution is -0.117. The van der Waals surface area contributed by atoms with Crippen LogP contribution in [0.15, 0.2) is 91.0 Å². The Morgan fingerprint density at radius 2 is 1.33 bits per heavy atom. The van der Waals surface area contributed by atoms with Gasteiger partial charge < -0.3 is 24.3 Å². The van der Waals surface area contributed by atoms with Crippen LogP contribution in [0, 0.1) is 6.92 Å². The van der Waals surface area contributed by atoms with Gasteiger partial charge in [0, 0.05) is 28.5 Å². The standard InChI is InChI=1S/C34H31N3O8/c1-21-8-7-10-24(18-21)32(39)35-26-15-12-23(13-16-26)33(40)37-36-30(38)17-14-22-9-5-6-11-27(22)45-34(41)25-19-28(42-2)31(44-4)29(20-25)43-3/h5-20H,1-4H3,(H,35,39)(H,36,38)(H,37,40)/b17-14+. The minimum Gasteiger partial charge on any atom is -0.493 e. The number of methoxy groups -OCH3 is 3. The molecule has 0 unspecified atom stereocenters. The number of rotatable bonds is 10. The number of carbonyl (C=O) groups excluding carboxylic acids is 4. The summed E-state index contributed by atoms with van der Waals surface area (Å²) in [5.74, 6) is -1.05. The first-order chi connectivity index (χ1) is 21.7.